The third kappa shape index (κ3) is 2.27. The van der Waals surface area contributed by atoms with E-state index in [1.54, 1.807) is 16.8 Å². The van der Waals surface area contributed by atoms with E-state index in [-0.39, 0.29) is 17.6 Å². The molecule has 3 aromatic rings. The molecule has 5 nitrogen and oxygen atoms in total. The molecule has 7 heteroatoms. The van der Waals surface area contributed by atoms with Crippen molar-refractivity contribution in [3.8, 4) is 5.13 Å². The summed E-state index contributed by atoms with van der Waals surface area (Å²) in [5, 5.41) is 7.79. The van der Waals surface area contributed by atoms with Crippen molar-refractivity contribution in [2.45, 2.75) is 19.8 Å². The maximum absolute atomic E-state index is 13.8. The Balaban J connectivity index is 1.76. The van der Waals surface area contributed by atoms with Gasteiger partial charge in [-0.25, -0.2) is 9.37 Å². The largest absolute Gasteiger partial charge is 0.310 e. The van der Waals surface area contributed by atoms with Gasteiger partial charge < -0.3 is 5.32 Å². The molecular weight excluding hydrogens is 303 g/mol. The smallest absolute Gasteiger partial charge is 0.228 e. The van der Waals surface area contributed by atoms with Crippen LogP contribution in [0.1, 0.15) is 18.5 Å². The van der Waals surface area contributed by atoms with Gasteiger partial charge in [-0.15, -0.1) is 0 Å². The van der Waals surface area contributed by atoms with Gasteiger partial charge in [0.05, 0.1) is 10.4 Å². The molecule has 1 amide bonds. The minimum absolute atomic E-state index is 0.00782. The summed E-state index contributed by atoms with van der Waals surface area (Å²) in [6, 6.07) is 6.65. The number of rotatable bonds is 3. The number of aromatic nitrogens is 3. The molecule has 0 spiro atoms. The number of fused-ring (bicyclic) bond motifs is 1. The van der Waals surface area contributed by atoms with Crippen molar-refractivity contribution in [1.82, 2.24) is 14.8 Å². The molecule has 1 aliphatic carbocycles. The summed E-state index contributed by atoms with van der Waals surface area (Å²) in [6.07, 6.45) is 1.87. The molecule has 1 saturated carbocycles. The van der Waals surface area contributed by atoms with E-state index in [1.165, 1.54) is 17.4 Å². The first-order valence-electron chi connectivity index (χ1n) is 7.05. The van der Waals surface area contributed by atoms with E-state index in [1.807, 2.05) is 13.0 Å². The van der Waals surface area contributed by atoms with Crippen LogP contribution in [0.5, 0.6) is 0 Å². The van der Waals surface area contributed by atoms with Gasteiger partial charge in [-0.05, 0) is 31.9 Å². The van der Waals surface area contributed by atoms with Crippen molar-refractivity contribution in [3.63, 3.8) is 0 Å². The Kier molecular flexibility index (Phi) is 2.97. The van der Waals surface area contributed by atoms with E-state index >= 15 is 0 Å². The average Bonchev–Trinajstić information content (AvgIpc) is 3.14. The van der Waals surface area contributed by atoms with Crippen molar-refractivity contribution < 1.29 is 9.18 Å². The Labute approximate surface area is 129 Å². The number of nitrogens with zero attached hydrogens (tertiary/aromatic N) is 3. The Morgan fingerprint density at radius 1 is 1.45 bits per heavy atom. The molecule has 2 heterocycles. The predicted octanol–water partition coefficient (Wildman–Crippen LogP) is 3.28. The molecule has 2 aromatic heterocycles. The minimum Gasteiger partial charge on any atom is -0.310 e. The number of hydrogen-bond donors (Lipinski definition) is 1. The maximum atomic E-state index is 13.8. The summed E-state index contributed by atoms with van der Waals surface area (Å²) in [6.45, 7) is 1.84. The molecule has 0 unspecified atom stereocenters. The highest BCUT2D eigenvalue weighted by Gasteiger charge is 2.30. The van der Waals surface area contributed by atoms with E-state index in [4.69, 9.17) is 0 Å². The number of carbonyl (C=O) groups is 1. The van der Waals surface area contributed by atoms with E-state index in [2.05, 4.69) is 15.4 Å². The fourth-order valence-electron chi connectivity index (χ4n) is 2.30. The fourth-order valence-corrected chi connectivity index (χ4v) is 3.25. The standard InChI is InChI=1S/C15H13FN4OS/c1-8-7-12(17-14(21)9-5-6-9)20(19-8)15-18-13-10(16)3-2-4-11(13)22-15/h2-4,7,9H,5-6H2,1H3,(H,17,21). The first-order chi connectivity index (χ1) is 10.6. The van der Waals surface area contributed by atoms with Gasteiger partial charge in [-0.2, -0.15) is 9.78 Å². The van der Waals surface area contributed by atoms with Crippen LogP contribution >= 0.6 is 11.3 Å². The molecule has 1 N–H and O–H groups in total. The molecule has 1 aromatic carbocycles. The number of halogens is 1. The van der Waals surface area contributed by atoms with E-state index in [0.29, 0.717) is 16.5 Å². The number of carbonyl (C=O) groups excluding carboxylic acids is 1. The normalized spacial score (nSPS) is 14.5. The molecule has 0 radical (unpaired) electrons. The molecule has 4 rings (SSSR count). The lowest BCUT2D eigenvalue weighted by molar-refractivity contribution is -0.117. The molecule has 1 fully saturated rings. The van der Waals surface area contributed by atoms with Gasteiger partial charge in [0, 0.05) is 12.0 Å². The van der Waals surface area contributed by atoms with Crippen molar-refractivity contribution in [3.05, 3.63) is 35.8 Å². The summed E-state index contributed by atoms with van der Waals surface area (Å²) < 4.78 is 16.1. The first-order valence-corrected chi connectivity index (χ1v) is 7.86. The van der Waals surface area contributed by atoms with Crippen molar-refractivity contribution in [2.24, 2.45) is 5.92 Å². The van der Waals surface area contributed by atoms with Crippen LogP contribution in [0.4, 0.5) is 10.2 Å². The summed E-state index contributed by atoms with van der Waals surface area (Å²) in [7, 11) is 0. The van der Waals surface area contributed by atoms with Gasteiger partial charge in [0.25, 0.3) is 0 Å². The molecular formula is C15H13FN4OS. The number of aryl methyl sites for hydroxylation is 1. The molecule has 0 atom stereocenters. The highest BCUT2D eigenvalue weighted by atomic mass is 32.1. The second-order valence-electron chi connectivity index (χ2n) is 5.43. The molecule has 0 bridgehead atoms. The highest BCUT2D eigenvalue weighted by molar-refractivity contribution is 7.20. The van der Waals surface area contributed by atoms with Crippen LogP contribution in [0, 0.1) is 18.7 Å². The predicted molar refractivity (Wildman–Crippen MR) is 82.8 cm³/mol. The highest BCUT2D eigenvalue weighted by Crippen LogP contribution is 2.32. The molecule has 112 valence electrons. The number of hydrogen-bond acceptors (Lipinski definition) is 4. The zero-order valence-corrected chi connectivity index (χ0v) is 12.7. The Bertz CT molecular complexity index is 881. The second kappa shape index (κ2) is 4.88. The number of benzene rings is 1. The third-order valence-electron chi connectivity index (χ3n) is 3.57. The zero-order valence-electron chi connectivity index (χ0n) is 11.8. The van der Waals surface area contributed by atoms with Crippen molar-refractivity contribution in [2.75, 3.05) is 5.32 Å². The van der Waals surface area contributed by atoms with Gasteiger partial charge in [0.15, 0.2) is 0 Å². The third-order valence-corrected chi connectivity index (χ3v) is 4.57. The van der Waals surface area contributed by atoms with Crippen molar-refractivity contribution in [1.29, 1.82) is 0 Å². The van der Waals surface area contributed by atoms with Crippen LogP contribution in [0.15, 0.2) is 24.3 Å². The quantitative estimate of drug-likeness (QED) is 0.806. The van der Waals surface area contributed by atoms with Crippen LogP contribution in [-0.2, 0) is 4.79 Å². The SMILES string of the molecule is Cc1cc(NC(=O)C2CC2)n(-c2nc3c(F)cccc3s2)n1. The Morgan fingerprint density at radius 2 is 2.27 bits per heavy atom. The van der Waals surface area contributed by atoms with Gasteiger partial charge >= 0.3 is 0 Å². The summed E-state index contributed by atoms with van der Waals surface area (Å²) in [5.41, 5.74) is 1.10. The van der Waals surface area contributed by atoms with Crippen LogP contribution in [-0.4, -0.2) is 20.7 Å². The summed E-state index contributed by atoms with van der Waals surface area (Å²) in [4.78, 5) is 16.3. The van der Waals surface area contributed by atoms with E-state index < -0.39 is 0 Å². The summed E-state index contributed by atoms with van der Waals surface area (Å²) in [5.74, 6) is 0.339. The van der Waals surface area contributed by atoms with Crippen molar-refractivity contribution >= 4 is 33.3 Å². The van der Waals surface area contributed by atoms with Crippen LogP contribution in [0.3, 0.4) is 0 Å². The van der Waals surface area contributed by atoms with E-state index in [9.17, 15) is 9.18 Å². The maximum Gasteiger partial charge on any atom is 0.228 e. The van der Waals surface area contributed by atoms with Gasteiger partial charge in [-0.1, -0.05) is 17.4 Å². The average molecular weight is 316 g/mol. The lowest BCUT2D eigenvalue weighted by atomic mass is 10.3. The Hall–Kier alpha value is -2.28. The lowest BCUT2D eigenvalue weighted by Gasteiger charge is -2.05. The topological polar surface area (TPSA) is 59.8 Å². The monoisotopic (exact) mass is 316 g/mol. The van der Waals surface area contributed by atoms with Crippen LogP contribution < -0.4 is 5.32 Å². The lowest BCUT2D eigenvalue weighted by Crippen LogP contribution is -2.16. The number of thiazole rings is 1. The number of para-hydroxylation sites is 1. The molecule has 22 heavy (non-hydrogen) atoms. The van der Waals surface area contributed by atoms with Gasteiger partial charge in [-0.3, -0.25) is 4.79 Å². The number of anilines is 1. The molecule has 1 aliphatic rings. The minimum atomic E-state index is -0.354. The van der Waals surface area contributed by atoms with Gasteiger partial charge in [0.2, 0.25) is 11.0 Å². The van der Waals surface area contributed by atoms with Crippen LogP contribution in [0.25, 0.3) is 15.3 Å². The number of amides is 1. The Morgan fingerprint density at radius 3 is 3.00 bits per heavy atom. The van der Waals surface area contributed by atoms with E-state index in [0.717, 1.165) is 23.2 Å². The second-order valence-corrected chi connectivity index (χ2v) is 6.44. The molecule has 0 saturated heterocycles. The zero-order chi connectivity index (χ0) is 15.3. The fraction of sp³-hybridized carbons (Fsp3) is 0.267. The van der Waals surface area contributed by atoms with Gasteiger partial charge in [0.1, 0.15) is 17.2 Å². The summed E-state index contributed by atoms with van der Waals surface area (Å²) >= 11 is 1.34. The molecule has 0 aliphatic heterocycles. The number of nitrogens with one attached hydrogen (secondary N) is 1. The first kappa shape index (κ1) is 13.4. The van der Waals surface area contributed by atoms with Crippen LogP contribution in [0.2, 0.25) is 0 Å².